The van der Waals surface area contributed by atoms with Crippen LogP contribution in [0, 0.1) is 5.92 Å². The Labute approximate surface area is 120 Å². The van der Waals surface area contributed by atoms with Gasteiger partial charge < -0.3 is 15.8 Å². The molecule has 2 rings (SSSR count). The van der Waals surface area contributed by atoms with Gasteiger partial charge >= 0.3 is 0 Å². The summed E-state index contributed by atoms with van der Waals surface area (Å²) in [6.45, 7) is 5.29. The van der Waals surface area contributed by atoms with E-state index >= 15 is 0 Å². The Hall–Kier alpha value is -1.39. The monoisotopic (exact) mass is 276 g/mol. The van der Waals surface area contributed by atoms with Crippen LogP contribution in [0.2, 0.25) is 0 Å². The number of nitrogens with one attached hydrogen (secondary N) is 1. The van der Waals surface area contributed by atoms with Gasteiger partial charge in [-0.1, -0.05) is 37.3 Å². The van der Waals surface area contributed by atoms with Crippen molar-refractivity contribution in [2.75, 3.05) is 13.2 Å². The smallest absolute Gasteiger partial charge is 0.244 e. The maximum atomic E-state index is 12.3. The van der Waals surface area contributed by atoms with Crippen molar-refractivity contribution in [2.45, 2.75) is 38.3 Å². The van der Waals surface area contributed by atoms with Gasteiger partial charge in [-0.3, -0.25) is 4.79 Å². The van der Waals surface area contributed by atoms with E-state index in [0.29, 0.717) is 12.5 Å². The molecule has 0 bridgehead atoms. The summed E-state index contributed by atoms with van der Waals surface area (Å²) in [5.41, 5.74) is 6.02. The highest BCUT2D eigenvalue weighted by Crippen LogP contribution is 2.23. The van der Waals surface area contributed by atoms with Crippen molar-refractivity contribution in [1.82, 2.24) is 5.32 Å². The summed E-state index contributed by atoms with van der Waals surface area (Å²) >= 11 is 0. The maximum absolute atomic E-state index is 12.3. The molecule has 3 atom stereocenters. The number of hydrogen-bond donors (Lipinski definition) is 2. The van der Waals surface area contributed by atoms with Crippen LogP contribution < -0.4 is 11.1 Å². The fourth-order valence-corrected chi connectivity index (χ4v) is 2.70. The van der Waals surface area contributed by atoms with E-state index in [1.807, 2.05) is 30.3 Å². The Balaban J connectivity index is 1.94. The number of nitrogens with two attached hydrogens (primary N) is 1. The minimum Gasteiger partial charge on any atom is -0.378 e. The maximum Gasteiger partial charge on any atom is 0.244 e. The summed E-state index contributed by atoms with van der Waals surface area (Å²) in [5.74, 6) is 0.265. The number of rotatable bonds is 5. The molecule has 0 radical (unpaired) electrons. The van der Waals surface area contributed by atoms with Gasteiger partial charge in [-0.2, -0.15) is 0 Å². The van der Waals surface area contributed by atoms with Crippen molar-refractivity contribution < 1.29 is 9.53 Å². The average molecular weight is 276 g/mol. The van der Waals surface area contributed by atoms with Crippen LogP contribution in [-0.2, 0) is 15.1 Å². The molecule has 1 amide bonds. The summed E-state index contributed by atoms with van der Waals surface area (Å²) in [7, 11) is 0. The van der Waals surface area contributed by atoms with E-state index in [1.165, 1.54) is 0 Å². The van der Waals surface area contributed by atoms with Crippen molar-refractivity contribution in [2.24, 2.45) is 11.7 Å². The number of hydrogen-bond acceptors (Lipinski definition) is 3. The molecule has 1 aliphatic heterocycles. The van der Waals surface area contributed by atoms with E-state index in [1.54, 1.807) is 6.92 Å². The van der Waals surface area contributed by atoms with E-state index < -0.39 is 5.54 Å². The first-order valence-electron chi connectivity index (χ1n) is 7.30. The lowest BCUT2D eigenvalue weighted by Gasteiger charge is -2.26. The first kappa shape index (κ1) is 15.0. The minimum absolute atomic E-state index is 0.134. The van der Waals surface area contributed by atoms with Crippen molar-refractivity contribution in [3.8, 4) is 0 Å². The quantitative estimate of drug-likeness (QED) is 0.862. The summed E-state index contributed by atoms with van der Waals surface area (Å²) in [4.78, 5) is 12.3. The molecule has 3 N–H and O–H groups in total. The molecule has 20 heavy (non-hydrogen) atoms. The third-order valence-electron chi connectivity index (χ3n) is 4.12. The molecular weight excluding hydrogens is 252 g/mol. The second-order valence-corrected chi connectivity index (χ2v) is 5.64. The zero-order valence-electron chi connectivity index (χ0n) is 12.3. The van der Waals surface area contributed by atoms with E-state index in [2.05, 4.69) is 12.2 Å². The van der Waals surface area contributed by atoms with Gasteiger partial charge in [0.05, 0.1) is 6.10 Å². The van der Waals surface area contributed by atoms with E-state index in [-0.39, 0.29) is 12.0 Å². The third kappa shape index (κ3) is 3.19. The van der Waals surface area contributed by atoms with Crippen LogP contribution in [-0.4, -0.2) is 25.2 Å². The first-order chi connectivity index (χ1) is 9.55. The Bertz CT molecular complexity index is 445. The summed E-state index contributed by atoms with van der Waals surface area (Å²) in [5, 5.41) is 2.98. The molecule has 1 aliphatic rings. The summed E-state index contributed by atoms with van der Waals surface area (Å²) < 4.78 is 5.63. The summed E-state index contributed by atoms with van der Waals surface area (Å²) in [6.07, 6.45) is 2.25. The van der Waals surface area contributed by atoms with E-state index in [9.17, 15) is 4.79 Å². The molecule has 3 unspecified atom stereocenters. The predicted octanol–water partition coefficient (Wildman–Crippen LogP) is 1.79. The Morgan fingerprint density at radius 2 is 2.15 bits per heavy atom. The molecule has 110 valence electrons. The van der Waals surface area contributed by atoms with Crippen LogP contribution in [0.5, 0.6) is 0 Å². The molecular formula is C16H24N2O2. The van der Waals surface area contributed by atoms with Gasteiger partial charge in [0.15, 0.2) is 0 Å². The highest BCUT2D eigenvalue weighted by atomic mass is 16.5. The SMILES string of the molecule is CCC1OCCC1CNC(=O)C(C)(N)c1ccccc1. The van der Waals surface area contributed by atoms with Crippen molar-refractivity contribution in [3.63, 3.8) is 0 Å². The standard InChI is InChI=1S/C16H24N2O2/c1-3-14-12(9-10-20-14)11-18-15(19)16(2,17)13-7-5-4-6-8-13/h4-8,12,14H,3,9-11,17H2,1-2H3,(H,18,19). The Morgan fingerprint density at radius 1 is 1.45 bits per heavy atom. The minimum atomic E-state index is -0.998. The molecule has 1 heterocycles. The molecule has 4 nitrogen and oxygen atoms in total. The van der Waals surface area contributed by atoms with Gasteiger partial charge in [0.25, 0.3) is 0 Å². The number of benzene rings is 1. The molecule has 0 spiro atoms. The fraction of sp³-hybridized carbons (Fsp3) is 0.562. The molecule has 4 heteroatoms. The zero-order chi connectivity index (χ0) is 14.6. The number of ether oxygens (including phenoxy) is 1. The van der Waals surface area contributed by atoms with Crippen LogP contribution in [0.1, 0.15) is 32.3 Å². The predicted molar refractivity (Wildman–Crippen MR) is 79.1 cm³/mol. The van der Waals surface area contributed by atoms with Crippen molar-refractivity contribution >= 4 is 5.91 Å². The van der Waals surface area contributed by atoms with Crippen LogP contribution in [0.3, 0.4) is 0 Å². The molecule has 1 saturated heterocycles. The number of carbonyl (C=O) groups is 1. The van der Waals surface area contributed by atoms with Crippen LogP contribution in [0.15, 0.2) is 30.3 Å². The first-order valence-corrected chi connectivity index (χ1v) is 7.30. The lowest BCUT2D eigenvalue weighted by molar-refractivity contribution is -0.126. The third-order valence-corrected chi connectivity index (χ3v) is 4.12. The lowest BCUT2D eigenvalue weighted by Crippen LogP contribution is -2.50. The second-order valence-electron chi connectivity index (χ2n) is 5.64. The molecule has 0 aromatic heterocycles. The highest BCUT2D eigenvalue weighted by Gasteiger charge is 2.32. The van der Waals surface area contributed by atoms with Crippen molar-refractivity contribution in [1.29, 1.82) is 0 Å². The number of carbonyl (C=O) groups excluding carboxylic acids is 1. The largest absolute Gasteiger partial charge is 0.378 e. The zero-order valence-corrected chi connectivity index (χ0v) is 12.3. The van der Waals surface area contributed by atoms with E-state index in [4.69, 9.17) is 10.5 Å². The van der Waals surface area contributed by atoms with E-state index in [0.717, 1.165) is 25.0 Å². The van der Waals surface area contributed by atoms with Gasteiger partial charge in [-0.25, -0.2) is 0 Å². The highest BCUT2D eigenvalue weighted by molar-refractivity contribution is 5.86. The molecule has 0 saturated carbocycles. The van der Waals surface area contributed by atoms with Gasteiger partial charge in [0.1, 0.15) is 5.54 Å². The lowest BCUT2D eigenvalue weighted by atomic mass is 9.91. The fourth-order valence-electron chi connectivity index (χ4n) is 2.70. The number of amides is 1. The average Bonchev–Trinajstić information content (AvgIpc) is 2.93. The summed E-state index contributed by atoms with van der Waals surface area (Å²) in [6, 6.07) is 9.47. The van der Waals surface area contributed by atoms with Crippen LogP contribution in [0.25, 0.3) is 0 Å². The normalized spacial score (nSPS) is 25.1. The molecule has 1 fully saturated rings. The van der Waals surface area contributed by atoms with Gasteiger partial charge in [0, 0.05) is 19.1 Å². The molecule has 1 aromatic rings. The van der Waals surface area contributed by atoms with Gasteiger partial charge in [-0.15, -0.1) is 0 Å². The Kier molecular flexibility index (Phi) is 4.78. The Morgan fingerprint density at radius 3 is 2.80 bits per heavy atom. The topological polar surface area (TPSA) is 64.3 Å². The molecule has 0 aliphatic carbocycles. The van der Waals surface area contributed by atoms with Crippen molar-refractivity contribution in [3.05, 3.63) is 35.9 Å². The van der Waals surface area contributed by atoms with Gasteiger partial charge in [-0.05, 0) is 25.3 Å². The second kappa shape index (κ2) is 6.37. The van der Waals surface area contributed by atoms with Crippen LogP contribution in [0.4, 0.5) is 0 Å². The van der Waals surface area contributed by atoms with Gasteiger partial charge in [0.2, 0.25) is 5.91 Å². The van der Waals surface area contributed by atoms with Crippen LogP contribution >= 0.6 is 0 Å². The molecule has 1 aromatic carbocycles.